The molecule has 26 heavy (non-hydrogen) atoms. The van der Waals surface area contributed by atoms with Crippen LogP contribution in [-0.4, -0.2) is 55.0 Å². The summed E-state index contributed by atoms with van der Waals surface area (Å²) in [5.74, 6) is 0.114. The number of rotatable bonds is 3. The van der Waals surface area contributed by atoms with Gasteiger partial charge in [-0.2, -0.15) is 0 Å². The lowest BCUT2D eigenvalue weighted by atomic mass is 10.1. The maximum absolute atomic E-state index is 13.2. The number of anilines is 1. The number of fused-ring (bicyclic) bond motifs is 1. The summed E-state index contributed by atoms with van der Waals surface area (Å²) in [6, 6.07) is 16.6. The maximum atomic E-state index is 13.2. The van der Waals surface area contributed by atoms with Crippen molar-refractivity contribution in [2.75, 3.05) is 38.1 Å². The van der Waals surface area contributed by atoms with E-state index >= 15 is 0 Å². The minimum absolute atomic E-state index is 0.114. The van der Waals surface area contributed by atoms with Gasteiger partial charge in [-0.05, 0) is 49.7 Å². The largest absolute Gasteiger partial charge is 0.305 e. The van der Waals surface area contributed by atoms with Crippen LogP contribution in [0.5, 0.6) is 0 Å². The van der Waals surface area contributed by atoms with Crippen molar-refractivity contribution >= 4 is 11.6 Å². The zero-order chi connectivity index (χ0) is 18.1. The van der Waals surface area contributed by atoms with Crippen LogP contribution >= 0.6 is 0 Å². The van der Waals surface area contributed by atoms with Gasteiger partial charge in [0.25, 0.3) is 5.91 Å². The number of hydrogen-bond donors (Lipinski definition) is 0. The number of carbonyl (C=O) groups is 1. The highest BCUT2D eigenvalue weighted by atomic mass is 16.2. The van der Waals surface area contributed by atoms with E-state index in [0.29, 0.717) is 0 Å². The molecule has 0 spiro atoms. The Balaban J connectivity index is 1.52. The van der Waals surface area contributed by atoms with Crippen LogP contribution < -0.4 is 4.90 Å². The van der Waals surface area contributed by atoms with Gasteiger partial charge in [0.1, 0.15) is 0 Å². The van der Waals surface area contributed by atoms with E-state index in [1.54, 1.807) is 0 Å². The molecular weight excluding hydrogens is 322 g/mol. The molecule has 1 saturated heterocycles. The van der Waals surface area contributed by atoms with Crippen LogP contribution in [0, 0.1) is 0 Å². The first-order valence-corrected chi connectivity index (χ1v) is 9.53. The van der Waals surface area contributed by atoms with E-state index in [0.717, 1.165) is 50.4 Å². The van der Waals surface area contributed by atoms with Crippen molar-refractivity contribution in [3.05, 3.63) is 65.2 Å². The monoisotopic (exact) mass is 349 g/mol. The van der Waals surface area contributed by atoms with Gasteiger partial charge < -0.3 is 9.80 Å². The highest BCUT2D eigenvalue weighted by molar-refractivity contribution is 6.07. The van der Waals surface area contributed by atoms with E-state index in [-0.39, 0.29) is 11.9 Å². The Bertz CT molecular complexity index is 795. The van der Waals surface area contributed by atoms with Crippen molar-refractivity contribution in [1.29, 1.82) is 0 Å². The molecule has 2 aromatic rings. The summed E-state index contributed by atoms with van der Waals surface area (Å²) in [6.45, 7) is 7.45. The van der Waals surface area contributed by atoms with Crippen LogP contribution in [0.2, 0.25) is 0 Å². The molecule has 0 bridgehead atoms. The molecule has 0 N–H and O–H groups in total. The molecule has 1 atom stereocenters. The lowest BCUT2D eigenvalue weighted by molar-refractivity contribution is 0.0981. The maximum Gasteiger partial charge on any atom is 0.258 e. The zero-order valence-corrected chi connectivity index (χ0v) is 15.7. The van der Waals surface area contributed by atoms with Gasteiger partial charge >= 0.3 is 0 Å². The molecule has 4 nitrogen and oxygen atoms in total. The standard InChI is InChI=1S/C22H27N3O/c1-17-14-19-7-3-4-9-21(19)25(17)22(26)20-8-5-6-18(15-20)16-24-12-10-23(2)11-13-24/h3-9,15,17H,10-14,16H2,1-2H3. The third kappa shape index (κ3) is 3.39. The van der Waals surface area contributed by atoms with Gasteiger partial charge in [-0.1, -0.05) is 30.3 Å². The van der Waals surface area contributed by atoms with Gasteiger partial charge in [0.15, 0.2) is 0 Å². The number of nitrogens with zero attached hydrogens (tertiary/aromatic N) is 3. The predicted molar refractivity (Wildman–Crippen MR) is 106 cm³/mol. The van der Waals surface area contributed by atoms with Crippen molar-refractivity contribution < 1.29 is 4.79 Å². The first kappa shape index (κ1) is 17.3. The molecule has 1 fully saturated rings. The van der Waals surface area contributed by atoms with E-state index in [4.69, 9.17) is 0 Å². The Labute approximate surface area is 156 Å². The molecule has 0 radical (unpaired) electrons. The lowest BCUT2D eigenvalue weighted by Crippen LogP contribution is -2.43. The van der Waals surface area contributed by atoms with E-state index in [1.165, 1.54) is 11.1 Å². The number of likely N-dealkylation sites (N-methyl/N-ethyl adjacent to an activating group) is 1. The van der Waals surface area contributed by atoms with E-state index in [2.05, 4.69) is 54.1 Å². The summed E-state index contributed by atoms with van der Waals surface area (Å²) in [4.78, 5) is 20.0. The van der Waals surface area contributed by atoms with Crippen molar-refractivity contribution in [2.45, 2.75) is 25.9 Å². The van der Waals surface area contributed by atoms with Gasteiger partial charge in [0.2, 0.25) is 0 Å². The third-order valence-electron chi connectivity index (χ3n) is 5.60. The normalized spacial score (nSPS) is 21.0. The second kappa shape index (κ2) is 7.22. The van der Waals surface area contributed by atoms with E-state index in [1.807, 2.05) is 23.1 Å². The molecule has 2 aliphatic rings. The van der Waals surface area contributed by atoms with E-state index in [9.17, 15) is 4.79 Å². The quantitative estimate of drug-likeness (QED) is 0.852. The average molecular weight is 349 g/mol. The van der Waals surface area contributed by atoms with Crippen molar-refractivity contribution in [3.63, 3.8) is 0 Å². The minimum Gasteiger partial charge on any atom is -0.305 e. The number of carbonyl (C=O) groups excluding carboxylic acids is 1. The molecule has 4 rings (SSSR count). The van der Waals surface area contributed by atoms with Crippen LogP contribution in [-0.2, 0) is 13.0 Å². The SMILES string of the molecule is CC1Cc2ccccc2N1C(=O)c1cccc(CN2CCN(C)CC2)c1. The third-order valence-corrected chi connectivity index (χ3v) is 5.60. The fourth-order valence-corrected chi connectivity index (χ4v) is 4.08. The van der Waals surface area contributed by atoms with Crippen LogP contribution in [0.15, 0.2) is 48.5 Å². The molecule has 2 aliphatic heterocycles. The smallest absolute Gasteiger partial charge is 0.258 e. The fourth-order valence-electron chi connectivity index (χ4n) is 4.08. The molecular formula is C22H27N3O. The van der Waals surface area contributed by atoms with Gasteiger partial charge in [0, 0.05) is 50.0 Å². The highest BCUT2D eigenvalue weighted by Gasteiger charge is 2.31. The molecule has 1 amide bonds. The van der Waals surface area contributed by atoms with Crippen LogP contribution in [0.1, 0.15) is 28.4 Å². The fraction of sp³-hybridized carbons (Fsp3) is 0.409. The second-order valence-electron chi connectivity index (χ2n) is 7.64. The second-order valence-corrected chi connectivity index (χ2v) is 7.64. The summed E-state index contributed by atoms with van der Waals surface area (Å²) in [6.07, 6.45) is 0.933. The Morgan fingerprint density at radius 2 is 1.81 bits per heavy atom. The van der Waals surface area contributed by atoms with Crippen molar-refractivity contribution in [1.82, 2.24) is 9.80 Å². The minimum atomic E-state index is 0.114. The summed E-state index contributed by atoms with van der Waals surface area (Å²) in [5.41, 5.74) is 4.34. The molecule has 4 heteroatoms. The summed E-state index contributed by atoms with van der Waals surface area (Å²) < 4.78 is 0. The Hall–Kier alpha value is -2.17. The van der Waals surface area contributed by atoms with Crippen LogP contribution in [0.4, 0.5) is 5.69 Å². The number of hydrogen-bond acceptors (Lipinski definition) is 3. The molecule has 0 aromatic heterocycles. The number of piperazine rings is 1. The molecule has 2 heterocycles. The Morgan fingerprint density at radius 1 is 1.04 bits per heavy atom. The van der Waals surface area contributed by atoms with Crippen LogP contribution in [0.25, 0.3) is 0 Å². The van der Waals surface area contributed by atoms with Gasteiger partial charge in [-0.3, -0.25) is 9.69 Å². The molecule has 0 saturated carbocycles. The topological polar surface area (TPSA) is 26.8 Å². The summed E-state index contributed by atoms with van der Waals surface area (Å²) >= 11 is 0. The molecule has 0 aliphatic carbocycles. The summed E-state index contributed by atoms with van der Waals surface area (Å²) in [7, 11) is 2.17. The Morgan fingerprint density at radius 3 is 2.62 bits per heavy atom. The number of benzene rings is 2. The van der Waals surface area contributed by atoms with Gasteiger partial charge in [0.05, 0.1) is 0 Å². The first-order chi connectivity index (χ1) is 12.6. The zero-order valence-electron chi connectivity index (χ0n) is 15.7. The predicted octanol–water partition coefficient (Wildman–Crippen LogP) is 3.03. The molecule has 1 unspecified atom stereocenters. The highest BCUT2D eigenvalue weighted by Crippen LogP contribution is 2.33. The lowest BCUT2D eigenvalue weighted by Gasteiger charge is -2.32. The average Bonchev–Trinajstić information content (AvgIpc) is 2.99. The molecule has 2 aromatic carbocycles. The number of para-hydroxylation sites is 1. The summed E-state index contributed by atoms with van der Waals surface area (Å²) in [5, 5.41) is 0. The number of amides is 1. The molecule has 136 valence electrons. The van der Waals surface area contributed by atoms with E-state index < -0.39 is 0 Å². The Kier molecular flexibility index (Phi) is 4.79. The first-order valence-electron chi connectivity index (χ1n) is 9.53. The van der Waals surface area contributed by atoms with Crippen molar-refractivity contribution in [3.8, 4) is 0 Å². The van der Waals surface area contributed by atoms with Crippen molar-refractivity contribution in [2.24, 2.45) is 0 Å². The van der Waals surface area contributed by atoms with Crippen LogP contribution in [0.3, 0.4) is 0 Å². The van der Waals surface area contributed by atoms with Gasteiger partial charge in [-0.15, -0.1) is 0 Å². The van der Waals surface area contributed by atoms with Gasteiger partial charge in [-0.25, -0.2) is 0 Å².